The summed E-state index contributed by atoms with van der Waals surface area (Å²) < 4.78 is 0. The molecule has 0 saturated heterocycles. The zero-order chi connectivity index (χ0) is 14.9. The molecule has 0 fully saturated rings. The van der Waals surface area contributed by atoms with Crippen molar-refractivity contribution in [1.29, 1.82) is 0 Å². The molecule has 0 aliphatic heterocycles. The number of hydrogen-bond donors (Lipinski definition) is 2. The molecule has 2 aromatic heterocycles. The van der Waals surface area contributed by atoms with Crippen molar-refractivity contribution >= 4 is 11.7 Å². The molecule has 0 saturated carbocycles. The van der Waals surface area contributed by atoms with Gasteiger partial charge in [-0.3, -0.25) is 9.78 Å². The fraction of sp³-hybridized carbons (Fsp3) is 0.312. The van der Waals surface area contributed by atoms with Crippen LogP contribution < -0.4 is 10.6 Å². The van der Waals surface area contributed by atoms with Gasteiger partial charge in [-0.25, -0.2) is 4.98 Å². The van der Waals surface area contributed by atoms with Crippen LogP contribution in [0.2, 0.25) is 0 Å². The molecule has 1 amide bonds. The largest absolute Gasteiger partial charge is 0.364 e. The highest BCUT2D eigenvalue weighted by Gasteiger charge is 2.06. The van der Waals surface area contributed by atoms with E-state index >= 15 is 0 Å². The molecule has 0 aromatic carbocycles. The normalized spacial score (nSPS) is 10.1. The Morgan fingerprint density at radius 1 is 1.19 bits per heavy atom. The molecule has 2 rings (SSSR count). The van der Waals surface area contributed by atoms with E-state index in [-0.39, 0.29) is 5.91 Å². The van der Waals surface area contributed by atoms with Gasteiger partial charge in [0, 0.05) is 24.5 Å². The fourth-order valence-corrected chi connectivity index (χ4v) is 1.83. The van der Waals surface area contributed by atoms with Crippen LogP contribution in [-0.4, -0.2) is 22.4 Å². The molecule has 0 spiro atoms. The topological polar surface area (TPSA) is 66.9 Å². The van der Waals surface area contributed by atoms with Crippen molar-refractivity contribution in [3.63, 3.8) is 0 Å². The second-order valence-electron chi connectivity index (χ2n) is 4.71. The summed E-state index contributed by atoms with van der Waals surface area (Å²) in [5, 5.41) is 6.06. The van der Waals surface area contributed by atoms with Crippen molar-refractivity contribution in [2.75, 3.05) is 11.9 Å². The van der Waals surface area contributed by atoms with Gasteiger partial charge >= 0.3 is 0 Å². The first-order valence-corrected chi connectivity index (χ1v) is 7.17. The number of pyridine rings is 2. The Bertz CT molecular complexity index is 571. The van der Waals surface area contributed by atoms with E-state index in [1.807, 2.05) is 18.2 Å². The van der Waals surface area contributed by atoms with E-state index in [9.17, 15) is 4.79 Å². The van der Waals surface area contributed by atoms with Crippen LogP contribution in [0.1, 0.15) is 35.8 Å². The molecule has 0 radical (unpaired) electrons. The van der Waals surface area contributed by atoms with Gasteiger partial charge in [0.15, 0.2) is 0 Å². The van der Waals surface area contributed by atoms with Crippen LogP contribution in [0.25, 0.3) is 0 Å². The predicted molar refractivity (Wildman–Crippen MR) is 83.0 cm³/mol. The summed E-state index contributed by atoms with van der Waals surface area (Å²) in [7, 11) is 0. The zero-order valence-electron chi connectivity index (χ0n) is 12.2. The third-order valence-electron chi connectivity index (χ3n) is 3.01. The Morgan fingerprint density at radius 2 is 2.10 bits per heavy atom. The van der Waals surface area contributed by atoms with E-state index in [4.69, 9.17) is 0 Å². The zero-order valence-corrected chi connectivity index (χ0v) is 12.2. The van der Waals surface area contributed by atoms with Crippen molar-refractivity contribution in [3.05, 3.63) is 54.0 Å². The lowest BCUT2D eigenvalue weighted by Crippen LogP contribution is -2.24. The first-order valence-electron chi connectivity index (χ1n) is 7.17. The van der Waals surface area contributed by atoms with Crippen molar-refractivity contribution in [3.8, 4) is 0 Å². The molecule has 0 aliphatic carbocycles. The number of aromatic nitrogens is 2. The average molecular weight is 284 g/mol. The average Bonchev–Trinajstić information content (AvgIpc) is 2.54. The number of rotatable bonds is 7. The number of hydrogen-bond acceptors (Lipinski definition) is 4. The molecule has 0 aliphatic rings. The molecule has 2 aromatic rings. The lowest BCUT2D eigenvalue weighted by molar-refractivity contribution is 0.0953. The van der Waals surface area contributed by atoms with Gasteiger partial charge in [-0.15, -0.1) is 0 Å². The first kappa shape index (κ1) is 15.0. The smallest absolute Gasteiger partial charge is 0.251 e. The molecule has 21 heavy (non-hydrogen) atoms. The van der Waals surface area contributed by atoms with Gasteiger partial charge in [0.05, 0.1) is 12.2 Å². The standard InChI is InChI=1S/C16H20N4O/c1-2-3-8-19-16(21)13-7-10-18-15(11-13)20-12-14-6-4-5-9-17-14/h4-7,9-11H,2-3,8,12H2,1H3,(H,18,20)(H,19,21). The van der Waals surface area contributed by atoms with Gasteiger partial charge < -0.3 is 10.6 Å². The Balaban J connectivity index is 1.92. The van der Waals surface area contributed by atoms with Crippen molar-refractivity contribution in [2.24, 2.45) is 0 Å². The Labute approximate surface area is 124 Å². The fourth-order valence-electron chi connectivity index (χ4n) is 1.83. The van der Waals surface area contributed by atoms with E-state index in [1.165, 1.54) is 0 Å². The minimum atomic E-state index is -0.0632. The minimum Gasteiger partial charge on any atom is -0.364 e. The van der Waals surface area contributed by atoms with Crippen LogP contribution in [0, 0.1) is 0 Å². The van der Waals surface area contributed by atoms with Crippen LogP contribution in [0.4, 0.5) is 5.82 Å². The van der Waals surface area contributed by atoms with Gasteiger partial charge in [-0.1, -0.05) is 19.4 Å². The maximum atomic E-state index is 12.0. The summed E-state index contributed by atoms with van der Waals surface area (Å²) in [6, 6.07) is 9.23. The maximum absolute atomic E-state index is 12.0. The number of nitrogens with one attached hydrogen (secondary N) is 2. The molecule has 0 unspecified atom stereocenters. The second-order valence-corrected chi connectivity index (χ2v) is 4.71. The lowest BCUT2D eigenvalue weighted by Gasteiger charge is -2.08. The summed E-state index contributed by atoms with van der Waals surface area (Å²) in [5.41, 5.74) is 1.54. The summed E-state index contributed by atoms with van der Waals surface area (Å²) in [6.45, 7) is 3.38. The predicted octanol–water partition coefficient (Wildman–Crippen LogP) is 2.62. The Hall–Kier alpha value is -2.43. The molecular weight excluding hydrogens is 264 g/mol. The van der Waals surface area contributed by atoms with Crippen LogP contribution in [0.15, 0.2) is 42.7 Å². The summed E-state index contributed by atoms with van der Waals surface area (Å²) in [5.74, 6) is 0.607. The number of carbonyl (C=O) groups excluding carboxylic acids is 1. The van der Waals surface area contributed by atoms with Gasteiger partial charge in [0.2, 0.25) is 0 Å². The van der Waals surface area contributed by atoms with E-state index in [0.29, 0.717) is 24.5 Å². The molecule has 2 heterocycles. The summed E-state index contributed by atoms with van der Waals surface area (Å²) in [6.07, 6.45) is 5.44. The molecule has 2 N–H and O–H groups in total. The van der Waals surface area contributed by atoms with E-state index < -0.39 is 0 Å². The highest BCUT2D eigenvalue weighted by Crippen LogP contribution is 2.08. The second kappa shape index (κ2) is 7.99. The number of unbranched alkanes of at least 4 members (excludes halogenated alkanes) is 1. The van der Waals surface area contributed by atoms with E-state index in [2.05, 4.69) is 27.5 Å². The SMILES string of the molecule is CCCCNC(=O)c1ccnc(NCc2ccccn2)c1. The number of carbonyl (C=O) groups is 1. The van der Waals surface area contributed by atoms with Crippen LogP contribution in [0.3, 0.4) is 0 Å². The third-order valence-corrected chi connectivity index (χ3v) is 3.01. The highest BCUT2D eigenvalue weighted by molar-refractivity contribution is 5.94. The van der Waals surface area contributed by atoms with Gasteiger partial charge in [0.25, 0.3) is 5.91 Å². The molecular formula is C16H20N4O. The minimum absolute atomic E-state index is 0.0632. The number of nitrogens with zero attached hydrogens (tertiary/aromatic N) is 2. The summed E-state index contributed by atoms with van der Waals surface area (Å²) >= 11 is 0. The molecule has 5 heteroatoms. The van der Waals surface area contributed by atoms with E-state index in [1.54, 1.807) is 24.5 Å². The van der Waals surface area contributed by atoms with Crippen LogP contribution in [-0.2, 0) is 6.54 Å². The number of amides is 1. The summed E-state index contributed by atoms with van der Waals surface area (Å²) in [4.78, 5) is 20.4. The quantitative estimate of drug-likeness (QED) is 0.767. The first-order chi connectivity index (χ1) is 10.3. The van der Waals surface area contributed by atoms with Crippen molar-refractivity contribution in [1.82, 2.24) is 15.3 Å². The molecule has 0 atom stereocenters. The molecule has 5 nitrogen and oxygen atoms in total. The Morgan fingerprint density at radius 3 is 2.86 bits per heavy atom. The van der Waals surface area contributed by atoms with Gasteiger partial charge in [0.1, 0.15) is 5.82 Å². The van der Waals surface area contributed by atoms with E-state index in [0.717, 1.165) is 18.5 Å². The highest BCUT2D eigenvalue weighted by atomic mass is 16.1. The third kappa shape index (κ3) is 4.87. The molecule has 110 valence electrons. The Kier molecular flexibility index (Phi) is 5.70. The van der Waals surface area contributed by atoms with Crippen LogP contribution in [0.5, 0.6) is 0 Å². The van der Waals surface area contributed by atoms with Gasteiger partial charge in [-0.2, -0.15) is 0 Å². The van der Waals surface area contributed by atoms with Crippen molar-refractivity contribution in [2.45, 2.75) is 26.3 Å². The van der Waals surface area contributed by atoms with Crippen LogP contribution >= 0.6 is 0 Å². The van der Waals surface area contributed by atoms with Crippen molar-refractivity contribution < 1.29 is 4.79 Å². The van der Waals surface area contributed by atoms with Gasteiger partial charge in [-0.05, 0) is 30.7 Å². The maximum Gasteiger partial charge on any atom is 0.251 e. The molecule has 0 bridgehead atoms. The monoisotopic (exact) mass is 284 g/mol. The lowest BCUT2D eigenvalue weighted by atomic mass is 10.2. The number of anilines is 1.